The van der Waals surface area contributed by atoms with Gasteiger partial charge in [-0.2, -0.15) is 0 Å². The van der Waals surface area contributed by atoms with Gasteiger partial charge in [-0.3, -0.25) is 9.59 Å². The van der Waals surface area contributed by atoms with Crippen molar-refractivity contribution in [2.45, 2.75) is 52.7 Å². The van der Waals surface area contributed by atoms with Crippen LogP contribution < -0.4 is 15.4 Å². The number of aryl methyl sites for hydroxylation is 1. The van der Waals surface area contributed by atoms with E-state index in [1.165, 1.54) is 0 Å². The van der Waals surface area contributed by atoms with Gasteiger partial charge in [-0.25, -0.2) is 0 Å². The zero-order valence-corrected chi connectivity index (χ0v) is 16.4. The first kappa shape index (κ1) is 20.5. The Morgan fingerprint density at radius 2 is 1.67 bits per heavy atom. The second kappa shape index (κ2) is 9.76. The van der Waals surface area contributed by atoms with Crippen LogP contribution in [0.5, 0.6) is 5.75 Å². The molecule has 2 atom stereocenters. The topological polar surface area (TPSA) is 67.4 Å². The van der Waals surface area contributed by atoms with Crippen molar-refractivity contribution in [3.63, 3.8) is 0 Å². The lowest BCUT2D eigenvalue weighted by Crippen LogP contribution is -2.35. The Kier molecular flexibility index (Phi) is 7.41. The van der Waals surface area contributed by atoms with Crippen molar-refractivity contribution in [3.8, 4) is 5.75 Å². The zero-order chi connectivity index (χ0) is 19.8. The van der Waals surface area contributed by atoms with E-state index in [9.17, 15) is 9.59 Å². The van der Waals surface area contributed by atoms with Gasteiger partial charge in [-0.1, -0.05) is 43.7 Å². The number of para-hydroxylation sites is 1. The molecule has 0 aliphatic rings. The van der Waals surface area contributed by atoms with Gasteiger partial charge in [0.05, 0.1) is 11.3 Å². The molecule has 144 valence electrons. The lowest BCUT2D eigenvalue weighted by molar-refractivity contribution is -0.122. The molecule has 2 rings (SSSR count). The number of ether oxygens (including phenoxy) is 1. The Hall–Kier alpha value is -2.82. The average molecular weight is 368 g/mol. The van der Waals surface area contributed by atoms with E-state index in [0.717, 1.165) is 12.0 Å². The fraction of sp³-hybridized carbons (Fsp3) is 0.364. The summed E-state index contributed by atoms with van der Waals surface area (Å²) in [5, 5.41) is 5.77. The summed E-state index contributed by atoms with van der Waals surface area (Å²) in [6.45, 7) is 7.84. The molecular weight excluding hydrogens is 340 g/mol. The molecule has 0 heterocycles. The summed E-state index contributed by atoms with van der Waals surface area (Å²) in [6.07, 6.45) is 0.710. The van der Waals surface area contributed by atoms with Crippen LogP contribution in [-0.2, 0) is 4.79 Å². The second-order valence-corrected chi connectivity index (χ2v) is 6.65. The minimum atomic E-state index is -0.640. The number of nitrogens with one attached hydrogen (secondary N) is 2. The maximum atomic E-state index is 12.7. The first-order chi connectivity index (χ1) is 12.9. The standard InChI is InChI=1S/C22H28N2O3/c1-5-16(4)23-21(25)18-9-7-8-10-19(18)24-22(26)20(6-2)27-17-13-11-15(3)12-14-17/h7-14,16,20H,5-6H2,1-4H3,(H,23,25)(H,24,26)/t16-,20+/m1/s1. The largest absolute Gasteiger partial charge is 0.481 e. The maximum Gasteiger partial charge on any atom is 0.265 e. The molecule has 2 amide bonds. The molecule has 2 N–H and O–H groups in total. The van der Waals surface area contributed by atoms with Crippen LogP contribution in [0.4, 0.5) is 5.69 Å². The Bertz CT molecular complexity index is 771. The molecule has 27 heavy (non-hydrogen) atoms. The molecule has 0 aliphatic heterocycles. The molecule has 0 aromatic heterocycles. The number of hydrogen-bond donors (Lipinski definition) is 2. The number of amides is 2. The van der Waals surface area contributed by atoms with E-state index in [2.05, 4.69) is 10.6 Å². The van der Waals surface area contributed by atoms with E-state index in [1.807, 2.05) is 52.0 Å². The Balaban J connectivity index is 2.11. The van der Waals surface area contributed by atoms with Crippen LogP contribution in [0.15, 0.2) is 48.5 Å². The molecule has 0 spiro atoms. The average Bonchev–Trinajstić information content (AvgIpc) is 2.67. The van der Waals surface area contributed by atoms with Crippen LogP contribution in [0.3, 0.4) is 0 Å². The Morgan fingerprint density at radius 3 is 2.30 bits per heavy atom. The van der Waals surface area contributed by atoms with Crippen molar-refractivity contribution >= 4 is 17.5 Å². The van der Waals surface area contributed by atoms with Crippen LogP contribution in [0.25, 0.3) is 0 Å². The number of anilines is 1. The lowest BCUT2D eigenvalue weighted by atomic mass is 10.1. The highest BCUT2D eigenvalue weighted by Gasteiger charge is 2.21. The van der Waals surface area contributed by atoms with E-state index in [1.54, 1.807) is 24.3 Å². The van der Waals surface area contributed by atoms with E-state index in [4.69, 9.17) is 4.74 Å². The summed E-state index contributed by atoms with van der Waals surface area (Å²) in [6, 6.07) is 14.6. The SMILES string of the molecule is CC[C@@H](C)NC(=O)c1ccccc1NC(=O)[C@H](CC)Oc1ccc(C)cc1. The molecule has 0 fully saturated rings. The van der Waals surface area contributed by atoms with Gasteiger partial charge in [-0.15, -0.1) is 0 Å². The third-order valence-corrected chi connectivity index (χ3v) is 4.38. The highest BCUT2D eigenvalue weighted by atomic mass is 16.5. The molecule has 5 heteroatoms. The van der Waals surface area contributed by atoms with E-state index >= 15 is 0 Å². The monoisotopic (exact) mass is 368 g/mol. The molecule has 0 bridgehead atoms. The summed E-state index contributed by atoms with van der Waals surface area (Å²) in [5.74, 6) is 0.167. The minimum Gasteiger partial charge on any atom is -0.481 e. The van der Waals surface area contributed by atoms with Gasteiger partial charge < -0.3 is 15.4 Å². The summed E-state index contributed by atoms with van der Waals surface area (Å²) in [4.78, 5) is 25.2. The van der Waals surface area contributed by atoms with Crippen molar-refractivity contribution in [1.29, 1.82) is 0 Å². The summed E-state index contributed by atoms with van der Waals surface area (Å²) >= 11 is 0. The van der Waals surface area contributed by atoms with Gasteiger partial charge in [-0.05, 0) is 51.0 Å². The molecule has 0 radical (unpaired) electrons. The fourth-order valence-corrected chi connectivity index (χ4v) is 2.51. The normalized spacial score (nSPS) is 12.7. The van der Waals surface area contributed by atoms with Crippen molar-refractivity contribution in [1.82, 2.24) is 5.32 Å². The highest BCUT2D eigenvalue weighted by molar-refractivity contribution is 6.04. The summed E-state index contributed by atoms with van der Waals surface area (Å²) in [5.41, 5.74) is 2.05. The second-order valence-electron chi connectivity index (χ2n) is 6.65. The smallest absolute Gasteiger partial charge is 0.265 e. The van der Waals surface area contributed by atoms with Crippen molar-refractivity contribution in [2.24, 2.45) is 0 Å². The highest BCUT2D eigenvalue weighted by Crippen LogP contribution is 2.19. The number of hydrogen-bond acceptors (Lipinski definition) is 3. The molecule has 0 unspecified atom stereocenters. The molecule has 5 nitrogen and oxygen atoms in total. The number of carbonyl (C=O) groups excluding carboxylic acids is 2. The van der Waals surface area contributed by atoms with Crippen LogP contribution in [0.1, 0.15) is 49.5 Å². The van der Waals surface area contributed by atoms with Gasteiger partial charge in [0.1, 0.15) is 5.75 Å². The lowest BCUT2D eigenvalue weighted by Gasteiger charge is -2.19. The van der Waals surface area contributed by atoms with Crippen LogP contribution in [0.2, 0.25) is 0 Å². The Labute approximate surface area is 161 Å². The van der Waals surface area contributed by atoms with E-state index in [-0.39, 0.29) is 17.9 Å². The van der Waals surface area contributed by atoms with Crippen molar-refractivity contribution in [3.05, 3.63) is 59.7 Å². The number of benzene rings is 2. The summed E-state index contributed by atoms with van der Waals surface area (Å²) < 4.78 is 5.82. The van der Waals surface area contributed by atoms with Gasteiger partial charge in [0.2, 0.25) is 0 Å². The molecule has 0 saturated heterocycles. The van der Waals surface area contributed by atoms with Gasteiger partial charge in [0.25, 0.3) is 11.8 Å². The van der Waals surface area contributed by atoms with Crippen LogP contribution >= 0.6 is 0 Å². The summed E-state index contributed by atoms with van der Waals surface area (Å²) in [7, 11) is 0. The maximum absolute atomic E-state index is 12.7. The quantitative estimate of drug-likeness (QED) is 0.729. The molecule has 2 aromatic carbocycles. The van der Waals surface area contributed by atoms with Crippen molar-refractivity contribution < 1.29 is 14.3 Å². The Morgan fingerprint density at radius 1 is 1.00 bits per heavy atom. The van der Waals surface area contributed by atoms with Crippen LogP contribution in [0, 0.1) is 6.92 Å². The van der Waals surface area contributed by atoms with Crippen molar-refractivity contribution in [2.75, 3.05) is 5.32 Å². The number of rotatable bonds is 8. The minimum absolute atomic E-state index is 0.0644. The molecule has 2 aromatic rings. The fourth-order valence-electron chi connectivity index (χ4n) is 2.51. The first-order valence-electron chi connectivity index (χ1n) is 9.38. The van der Waals surface area contributed by atoms with Crippen LogP contribution in [-0.4, -0.2) is 24.0 Å². The van der Waals surface area contributed by atoms with Gasteiger partial charge in [0, 0.05) is 6.04 Å². The predicted octanol–water partition coefficient (Wildman–Crippen LogP) is 4.32. The van der Waals surface area contributed by atoms with Gasteiger partial charge in [0.15, 0.2) is 6.10 Å². The molecule has 0 aliphatic carbocycles. The third kappa shape index (κ3) is 5.84. The molecule has 0 saturated carbocycles. The predicted molar refractivity (Wildman–Crippen MR) is 108 cm³/mol. The third-order valence-electron chi connectivity index (χ3n) is 4.38. The number of carbonyl (C=O) groups is 2. The van der Waals surface area contributed by atoms with E-state index < -0.39 is 6.10 Å². The first-order valence-corrected chi connectivity index (χ1v) is 9.38. The zero-order valence-electron chi connectivity index (χ0n) is 16.4. The van der Waals surface area contributed by atoms with Gasteiger partial charge >= 0.3 is 0 Å². The molecular formula is C22H28N2O3. The van der Waals surface area contributed by atoms with E-state index in [0.29, 0.717) is 23.4 Å².